The molecule has 0 radical (unpaired) electrons. The van der Waals surface area contributed by atoms with Gasteiger partial charge in [0.1, 0.15) is 5.75 Å². The zero-order valence-corrected chi connectivity index (χ0v) is 20.3. The van der Waals surface area contributed by atoms with Gasteiger partial charge in [-0.25, -0.2) is 4.79 Å². The Morgan fingerprint density at radius 3 is 2.45 bits per heavy atom. The summed E-state index contributed by atoms with van der Waals surface area (Å²) in [5.74, 6) is 0.389. The molecular formula is C23H26N3NaO4. The second kappa shape index (κ2) is 10.4. The first-order chi connectivity index (χ1) is 14.5. The van der Waals surface area contributed by atoms with E-state index in [-0.39, 0.29) is 36.1 Å². The van der Waals surface area contributed by atoms with Crippen LogP contribution < -0.4 is 55.6 Å². The second-order valence-electron chi connectivity index (χ2n) is 7.94. The van der Waals surface area contributed by atoms with Gasteiger partial charge in [0, 0.05) is 31.2 Å². The van der Waals surface area contributed by atoms with E-state index in [4.69, 9.17) is 9.26 Å². The number of hydrogen-bond donors (Lipinski definition) is 0. The summed E-state index contributed by atoms with van der Waals surface area (Å²) in [7, 11) is 0. The van der Waals surface area contributed by atoms with E-state index >= 15 is 0 Å². The van der Waals surface area contributed by atoms with Crippen LogP contribution in [0.2, 0.25) is 0 Å². The minimum Gasteiger partial charge on any atom is -0.493 e. The maximum Gasteiger partial charge on any atom is 1.00 e. The number of aromatic nitrogens is 2. The van der Waals surface area contributed by atoms with E-state index in [2.05, 4.69) is 41.9 Å². The van der Waals surface area contributed by atoms with Crippen LogP contribution in [0.25, 0.3) is 0 Å². The zero-order chi connectivity index (χ0) is 21.1. The molecular weight excluding hydrogens is 405 g/mol. The molecule has 158 valence electrons. The van der Waals surface area contributed by atoms with Gasteiger partial charge < -0.3 is 19.1 Å². The third kappa shape index (κ3) is 5.73. The molecule has 0 bridgehead atoms. The molecule has 0 spiro atoms. The monoisotopic (exact) mass is 431 g/mol. The molecule has 7 nitrogen and oxygen atoms in total. The van der Waals surface area contributed by atoms with Gasteiger partial charge in [0.2, 0.25) is 0 Å². The third-order valence-electron chi connectivity index (χ3n) is 5.60. The van der Waals surface area contributed by atoms with Crippen LogP contribution >= 0.6 is 0 Å². The Morgan fingerprint density at radius 1 is 1.10 bits per heavy atom. The number of benzene rings is 2. The standard InChI is InChI=1S/C23H27N3O4.Na/c1-16-5-3-6-17(2)21(16)25-12-4-7-19(13-25)15-29-20-10-8-18(9-11-20)14-26-22(27)24-23(28)30-26;/h3,5-6,8-11,19H,4,7,12-15H2,1-2H3,(H,24,27,28);/q;+1/p-1. The van der Waals surface area contributed by atoms with Gasteiger partial charge in [-0.1, -0.05) is 30.3 Å². The van der Waals surface area contributed by atoms with Crippen molar-refractivity contribution in [3.63, 3.8) is 0 Å². The molecule has 1 fully saturated rings. The van der Waals surface area contributed by atoms with Gasteiger partial charge in [0.15, 0.2) is 5.69 Å². The molecule has 2 heterocycles. The van der Waals surface area contributed by atoms with Crippen molar-refractivity contribution < 1.29 is 38.8 Å². The Balaban J connectivity index is 0.00000272. The summed E-state index contributed by atoms with van der Waals surface area (Å²) in [5.41, 5.74) is 4.16. The second-order valence-corrected chi connectivity index (χ2v) is 7.94. The molecule has 1 atom stereocenters. The summed E-state index contributed by atoms with van der Waals surface area (Å²) in [6, 6.07) is 13.9. The summed E-state index contributed by atoms with van der Waals surface area (Å²) in [6.45, 7) is 7.27. The van der Waals surface area contributed by atoms with Gasteiger partial charge in [-0.2, -0.15) is 0 Å². The van der Waals surface area contributed by atoms with Gasteiger partial charge in [0.05, 0.1) is 6.61 Å². The SMILES string of the molecule is Cc1cccc(C)c1N1CCCC(COc2ccc(Cn3oc(=O)[n-]c3=O)cc2)C1.[Na+]. The Morgan fingerprint density at radius 2 is 1.81 bits per heavy atom. The van der Waals surface area contributed by atoms with Gasteiger partial charge in [-0.15, -0.1) is 0 Å². The molecule has 1 aromatic heterocycles. The van der Waals surface area contributed by atoms with E-state index in [1.54, 1.807) is 0 Å². The van der Waals surface area contributed by atoms with Crippen LogP contribution in [0.3, 0.4) is 0 Å². The molecule has 0 N–H and O–H groups in total. The number of nitrogens with zero attached hydrogens (tertiary/aromatic N) is 3. The van der Waals surface area contributed by atoms with E-state index in [0.29, 0.717) is 12.5 Å². The van der Waals surface area contributed by atoms with Crippen molar-refractivity contribution in [3.8, 4) is 5.75 Å². The fourth-order valence-corrected chi connectivity index (χ4v) is 4.17. The third-order valence-corrected chi connectivity index (χ3v) is 5.60. The van der Waals surface area contributed by atoms with Crippen molar-refractivity contribution in [1.29, 1.82) is 0 Å². The Labute approximate surface area is 203 Å². The Kier molecular flexibility index (Phi) is 7.86. The molecule has 0 aliphatic carbocycles. The smallest absolute Gasteiger partial charge is 0.493 e. The van der Waals surface area contributed by atoms with Crippen LogP contribution in [0.4, 0.5) is 5.69 Å². The Hall–Kier alpha value is -2.22. The van der Waals surface area contributed by atoms with Crippen molar-refractivity contribution in [2.24, 2.45) is 5.92 Å². The van der Waals surface area contributed by atoms with E-state index < -0.39 is 11.4 Å². The summed E-state index contributed by atoms with van der Waals surface area (Å²) >= 11 is 0. The first kappa shape index (κ1) is 23.4. The van der Waals surface area contributed by atoms with Crippen molar-refractivity contribution in [2.75, 3.05) is 24.6 Å². The van der Waals surface area contributed by atoms with E-state index in [0.717, 1.165) is 42.0 Å². The number of anilines is 1. The number of rotatable bonds is 6. The molecule has 8 heteroatoms. The number of piperidine rings is 1. The van der Waals surface area contributed by atoms with Crippen molar-refractivity contribution in [3.05, 3.63) is 80.2 Å². The molecule has 1 unspecified atom stereocenters. The average molecular weight is 431 g/mol. The minimum absolute atomic E-state index is 0. The van der Waals surface area contributed by atoms with Crippen molar-refractivity contribution in [1.82, 2.24) is 9.72 Å². The molecule has 0 saturated carbocycles. The first-order valence-corrected chi connectivity index (χ1v) is 10.3. The van der Waals surface area contributed by atoms with Crippen molar-refractivity contribution >= 4 is 5.69 Å². The fraction of sp³-hybridized carbons (Fsp3) is 0.391. The quantitative estimate of drug-likeness (QED) is 0.500. The van der Waals surface area contributed by atoms with E-state index in [9.17, 15) is 9.59 Å². The minimum atomic E-state index is -0.873. The zero-order valence-electron chi connectivity index (χ0n) is 18.3. The van der Waals surface area contributed by atoms with Gasteiger partial charge in [0.25, 0.3) is 0 Å². The van der Waals surface area contributed by atoms with Crippen LogP contribution in [0.5, 0.6) is 5.75 Å². The van der Waals surface area contributed by atoms with E-state index in [1.807, 2.05) is 24.3 Å². The predicted octanol–water partition coefficient (Wildman–Crippen LogP) is -0.277. The summed E-state index contributed by atoms with van der Waals surface area (Å²) in [6.07, 6.45) is 2.32. The molecule has 0 amide bonds. The average Bonchev–Trinajstić information content (AvgIpc) is 3.04. The maximum atomic E-state index is 11.5. The van der Waals surface area contributed by atoms with Gasteiger partial charge >= 0.3 is 35.3 Å². The fourth-order valence-electron chi connectivity index (χ4n) is 4.17. The van der Waals surface area contributed by atoms with E-state index in [1.165, 1.54) is 16.8 Å². The summed E-state index contributed by atoms with van der Waals surface area (Å²) < 4.78 is 11.7. The molecule has 1 saturated heterocycles. The Bertz CT molecular complexity index is 1100. The van der Waals surface area contributed by atoms with Crippen LogP contribution in [-0.2, 0) is 6.54 Å². The molecule has 31 heavy (non-hydrogen) atoms. The number of ether oxygens (including phenoxy) is 1. The van der Waals surface area contributed by atoms with Crippen LogP contribution in [0, 0.1) is 19.8 Å². The summed E-state index contributed by atoms with van der Waals surface area (Å²) in [4.78, 5) is 28.2. The molecule has 1 aliphatic heterocycles. The predicted molar refractivity (Wildman–Crippen MR) is 114 cm³/mol. The molecule has 4 rings (SSSR count). The topological polar surface area (TPSA) is 78.8 Å². The normalized spacial score (nSPS) is 16.1. The van der Waals surface area contributed by atoms with Crippen molar-refractivity contribution in [2.45, 2.75) is 33.2 Å². The van der Waals surface area contributed by atoms with Gasteiger partial charge in [-0.3, -0.25) is 9.53 Å². The summed E-state index contributed by atoms with van der Waals surface area (Å²) in [5, 5.41) is 0. The number of aryl methyl sites for hydroxylation is 2. The largest absolute Gasteiger partial charge is 1.00 e. The number of hydrogen-bond acceptors (Lipinski definition) is 5. The van der Waals surface area contributed by atoms with Crippen LogP contribution in [0.15, 0.2) is 56.6 Å². The molecule has 3 aromatic rings. The maximum absolute atomic E-state index is 11.5. The van der Waals surface area contributed by atoms with Crippen LogP contribution in [0.1, 0.15) is 29.5 Å². The van der Waals surface area contributed by atoms with Gasteiger partial charge in [-0.05, 0) is 55.5 Å². The molecule has 2 aromatic carbocycles. The number of para-hydroxylation sites is 1. The first-order valence-electron chi connectivity index (χ1n) is 10.3. The molecule has 1 aliphatic rings. The van der Waals surface area contributed by atoms with Crippen LogP contribution in [-0.4, -0.2) is 24.4 Å².